The SMILES string of the molecule is CCc1ccc2c(c1)[C@H](N1C(=N)N[C@](CC)(CCCCc3ccc4c(c3)C(C)C(O)C(C)O4)CC1=O)CCO2. The van der Waals surface area contributed by atoms with Gasteiger partial charge in [-0.05, 0) is 67.9 Å². The van der Waals surface area contributed by atoms with Gasteiger partial charge >= 0.3 is 0 Å². The minimum absolute atomic E-state index is 0.0248. The number of amides is 1. The first-order valence-corrected chi connectivity index (χ1v) is 14.7. The van der Waals surface area contributed by atoms with Crippen molar-refractivity contribution in [1.29, 1.82) is 5.41 Å². The highest BCUT2D eigenvalue weighted by molar-refractivity contribution is 5.99. The van der Waals surface area contributed by atoms with Gasteiger partial charge < -0.3 is 19.9 Å². The van der Waals surface area contributed by atoms with E-state index in [0.29, 0.717) is 19.4 Å². The predicted octanol–water partition coefficient (Wildman–Crippen LogP) is 5.64. The highest BCUT2D eigenvalue weighted by Crippen LogP contribution is 2.40. The molecule has 1 amide bonds. The molecule has 0 aromatic heterocycles. The molecule has 0 spiro atoms. The summed E-state index contributed by atoms with van der Waals surface area (Å²) in [5, 5.41) is 22.8. The van der Waals surface area contributed by atoms with Gasteiger partial charge in [0.25, 0.3) is 0 Å². The number of ether oxygens (including phenoxy) is 2. The summed E-state index contributed by atoms with van der Waals surface area (Å²) in [4.78, 5) is 15.3. The van der Waals surface area contributed by atoms with Gasteiger partial charge in [-0.1, -0.05) is 51.5 Å². The summed E-state index contributed by atoms with van der Waals surface area (Å²) in [7, 11) is 0. The number of benzene rings is 2. The Labute approximate surface area is 232 Å². The Morgan fingerprint density at radius 3 is 2.56 bits per heavy atom. The predicted molar refractivity (Wildman–Crippen MR) is 153 cm³/mol. The van der Waals surface area contributed by atoms with Crippen molar-refractivity contribution in [2.45, 2.75) is 109 Å². The highest BCUT2D eigenvalue weighted by atomic mass is 16.5. The number of nitrogens with one attached hydrogen (secondary N) is 2. The van der Waals surface area contributed by atoms with E-state index in [9.17, 15) is 9.90 Å². The van der Waals surface area contributed by atoms with Gasteiger partial charge in [0.15, 0.2) is 5.96 Å². The molecule has 5 rings (SSSR count). The maximum Gasteiger partial charge on any atom is 0.232 e. The van der Waals surface area contributed by atoms with Crippen molar-refractivity contribution in [3.8, 4) is 11.5 Å². The van der Waals surface area contributed by atoms with Gasteiger partial charge in [0.1, 0.15) is 17.6 Å². The fraction of sp³-hybridized carbons (Fsp3) is 0.562. The van der Waals surface area contributed by atoms with Crippen LogP contribution in [0.2, 0.25) is 0 Å². The second-order valence-corrected chi connectivity index (χ2v) is 11.6. The van der Waals surface area contributed by atoms with Crippen LogP contribution < -0.4 is 14.8 Å². The van der Waals surface area contributed by atoms with Crippen LogP contribution in [0.5, 0.6) is 11.5 Å². The number of aliphatic hydroxyl groups excluding tert-OH is 1. The molecule has 1 fully saturated rings. The third kappa shape index (κ3) is 5.38. The lowest BCUT2D eigenvalue weighted by Crippen LogP contribution is -2.63. The van der Waals surface area contributed by atoms with Crippen LogP contribution in [0.25, 0.3) is 0 Å². The summed E-state index contributed by atoms with van der Waals surface area (Å²) in [6.07, 6.45) is 5.84. The maximum absolute atomic E-state index is 13.6. The number of fused-ring (bicyclic) bond motifs is 2. The zero-order valence-electron chi connectivity index (χ0n) is 23.8. The normalized spacial score (nSPS) is 28.2. The maximum atomic E-state index is 13.6. The van der Waals surface area contributed by atoms with Crippen molar-refractivity contribution >= 4 is 11.9 Å². The van der Waals surface area contributed by atoms with Gasteiger partial charge in [-0.25, -0.2) is 0 Å². The minimum atomic E-state index is -0.495. The van der Waals surface area contributed by atoms with Crippen molar-refractivity contribution in [2.24, 2.45) is 0 Å². The molecule has 3 unspecified atom stereocenters. The molecule has 39 heavy (non-hydrogen) atoms. The Kier molecular flexibility index (Phi) is 7.90. The van der Waals surface area contributed by atoms with Crippen molar-refractivity contribution in [3.05, 3.63) is 58.7 Å². The van der Waals surface area contributed by atoms with Crippen LogP contribution in [-0.4, -0.2) is 46.2 Å². The molecule has 3 aliphatic rings. The van der Waals surface area contributed by atoms with Gasteiger partial charge in [-0.3, -0.25) is 15.1 Å². The summed E-state index contributed by atoms with van der Waals surface area (Å²) >= 11 is 0. The molecule has 0 saturated carbocycles. The number of unbranched alkanes of at least 4 members (excludes halogenated alkanes) is 1. The monoisotopic (exact) mass is 533 g/mol. The molecule has 5 atom stereocenters. The van der Waals surface area contributed by atoms with Crippen LogP contribution >= 0.6 is 0 Å². The second kappa shape index (κ2) is 11.2. The van der Waals surface area contributed by atoms with Gasteiger partial charge in [-0.15, -0.1) is 0 Å². The first-order chi connectivity index (χ1) is 18.7. The number of aryl methyl sites for hydroxylation is 2. The Bertz CT molecular complexity index is 1210. The molecule has 3 heterocycles. The van der Waals surface area contributed by atoms with E-state index in [4.69, 9.17) is 14.9 Å². The Balaban J connectivity index is 1.21. The van der Waals surface area contributed by atoms with Gasteiger partial charge in [0.05, 0.1) is 25.2 Å². The lowest BCUT2D eigenvalue weighted by Gasteiger charge is -2.46. The number of hydrogen-bond donors (Lipinski definition) is 3. The van der Waals surface area contributed by atoms with E-state index in [1.54, 1.807) is 4.90 Å². The van der Waals surface area contributed by atoms with Crippen LogP contribution in [0, 0.1) is 5.41 Å². The van der Waals surface area contributed by atoms with Crippen molar-refractivity contribution in [2.75, 3.05) is 6.61 Å². The Hall–Kier alpha value is -3.06. The van der Waals surface area contributed by atoms with E-state index in [1.165, 1.54) is 11.1 Å². The lowest BCUT2D eigenvalue weighted by molar-refractivity contribution is -0.133. The minimum Gasteiger partial charge on any atom is -0.493 e. The van der Waals surface area contributed by atoms with Crippen LogP contribution in [0.15, 0.2) is 36.4 Å². The molecule has 3 aliphatic heterocycles. The van der Waals surface area contributed by atoms with Gasteiger partial charge in [0, 0.05) is 23.4 Å². The fourth-order valence-electron chi connectivity index (χ4n) is 6.51. The van der Waals surface area contributed by atoms with Crippen LogP contribution in [0.4, 0.5) is 0 Å². The molecular weight excluding hydrogens is 490 g/mol. The summed E-state index contributed by atoms with van der Waals surface area (Å²) in [6.45, 7) is 8.75. The van der Waals surface area contributed by atoms with Crippen LogP contribution in [0.1, 0.15) is 100 Å². The first kappa shape index (κ1) is 27.5. The summed E-state index contributed by atoms with van der Waals surface area (Å²) in [5.74, 6) is 1.99. The number of nitrogens with zero attached hydrogens (tertiary/aromatic N) is 1. The van der Waals surface area contributed by atoms with Crippen LogP contribution in [-0.2, 0) is 17.6 Å². The molecular formula is C32H43N3O4. The Morgan fingerprint density at radius 1 is 1.08 bits per heavy atom. The number of carbonyl (C=O) groups is 1. The van der Waals surface area contributed by atoms with Crippen molar-refractivity contribution < 1.29 is 19.4 Å². The molecule has 1 saturated heterocycles. The molecule has 0 aliphatic carbocycles. The molecule has 0 bridgehead atoms. The number of rotatable bonds is 8. The summed E-state index contributed by atoms with van der Waals surface area (Å²) < 4.78 is 11.8. The topological polar surface area (TPSA) is 94.9 Å². The van der Waals surface area contributed by atoms with E-state index in [0.717, 1.165) is 61.2 Å². The number of aliphatic hydroxyl groups is 1. The third-order valence-electron chi connectivity index (χ3n) is 9.10. The van der Waals surface area contributed by atoms with E-state index in [-0.39, 0.29) is 35.5 Å². The van der Waals surface area contributed by atoms with Gasteiger partial charge in [0.2, 0.25) is 5.91 Å². The number of carbonyl (C=O) groups excluding carboxylic acids is 1. The third-order valence-corrected chi connectivity index (χ3v) is 9.10. The summed E-state index contributed by atoms with van der Waals surface area (Å²) in [5.41, 5.74) is 4.16. The highest BCUT2D eigenvalue weighted by Gasteiger charge is 2.44. The Morgan fingerprint density at radius 2 is 1.82 bits per heavy atom. The average Bonchev–Trinajstić information content (AvgIpc) is 2.94. The molecule has 2 aromatic carbocycles. The van der Waals surface area contributed by atoms with Crippen molar-refractivity contribution in [3.63, 3.8) is 0 Å². The zero-order valence-corrected chi connectivity index (χ0v) is 23.8. The van der Waals surface area contributed by atoms with Crippen molar-refractivity contribution in [1.82, 2.24) is 10.2 Å². The average molecular weight is 534 g/mol. The van der Waals surface area contributed by atoms with E-state index >= 15 is 0 Å². The molecule has 2 aromatic rings. The molecule has 7 nitrogen and oxygen atoms in total. The van der Waals surface area contributed by atoms with E-state index in [2.05, 4.69) is 50.4 Å². The molecule has 0 radical (unpaired) electrons. The molecule has 210 valence electrons. The van der Waals surface area contributed by atoms with E-state index in [1.807, 2.05) is 19.1 Å². The van der Waals surface area contributed by atoms with E-state index < -0.39 is 6.10 Å². The number of hydrogen-bond acceptors (Lipinski definition) is 5. The lowest BCUT2D eigenvalue weighted by atomic mass is 9.83. The zero-order chi connectivity index (χ0) is 27.7. The smallest absolute Gasteiger partial charge is 0.232 e. The standard InChI is InChI=1S/C32H43N3O4/c1-5-22-10-12-27-25(17-22)26(14-16-38-27)35-29(36)19-32(6-2,34-31(35)33)15-8-7-9-23-11-13-28-24(18-23)20(3)30(37)21(4)39-28/h10-13,17-18,20-21,26,30,37H,5-9,14-16,19H2,1-4H3,(H2,33,34)/t20?,21?,26-,30?,32-/m1/s1. The first-order valence-electron chi connectivity index (χ1n) is 14.7. The van der Waals surface area contributed by atoms with Crippen LogP contribution in [0.3, 0.4) is 0 Å². The molecule has 3 N–H and O–H groups in total. The largest absolute Gasteiger partial charge is 0.493 e. The second-order valence-electron chi connectivity index (χ2n) is 11.6. The quantitative estimate of drug-likeness (QED) is 0.382. The number of guanidine groups is 1. The molecule has 7 heteroatoms. The fourth-order valence-corrected chi connectivity index (χ4v) is 6.51. The van der Waals surface area contributed by atoms with Gasteiger partial charge in [-0.2, -0.15) is 0 Å². The summed E-state index contributed by atoms with van der Waals surface area (Å²) in [6, 6.07) is 12.4.